The van der Waals surface area contributed by atoms with Crippen molar-refractivity contribution in [3.63, 3.8) is 0 Å². The predicted molar refractivity (Wildman–Crippen MR) is 79.4 cm³/mol. The van der Waals surface area contributed by atoms with E-state index in [1.807, 2.05) is 0 Å². The van der Waals surface area contributed by atoms with Crippen LogP contribution in [-0.2, 0) is 6.61 Å². The molecular weight excluding hydrogens is 295 g/mol. The van der Waals surface area contributed by atoms with Gasteiger partial charge in [-0.15, -0.1) is 0 Å². The summed E-state index contributed by atoms with van der Waals surface area (Å²) >= 11 is 6.09. The fourth-order valence-corrected chi connectivity index (χ4v) is 2.10. The highest BCUT2D eigenvalue weighted by Gasteiger charge is 2.08. The molecule has 0 saturated carbocycles. The van der Waals surface area contributed by atoms with E-state index in [9.17, 15) is 9.50 Å². The lowest BCUT2D eigenvalue weighted by atomic mass is 10.1. The Labute approximate surface area is 127 Å². The number of halogens is 2. The van der Waals surface area contributed by atoms with Crippen LogP contribution in [0, 0.1) is 5.82 Å². The van der Waals surface area contributed by atoms with Gasteiger partial charge in [-0.3, -0.25) is 0 Å². The molecule has 2 aromatic rings. The van der Waals surface area contributed by atoms with Crippen molar-refractivity contribution in [1.29, 1.82) is 0 Å². The molecule has 0 aliphatic heterocycles. The van der Waals surface area contributed by atoms with Crippen molar-refractivity contribution in [3.8, 4) is 11.5 Å². The van der Waals surface area contributed by atoms with Crippen LogP contribution in [0.25, 0.3) is 0 Å². The Morgan fingerprint density at radius 1 is 1.19 bits per heavy atom. The lowest BCUT2D eigenvalue weighted by Gasteiger charge is -2.11. The van der Waals surface area contributed by atoms with Crippen LogP contribution in [0.2, 0.25) is 5.02 Å². The number of rotatable bonds is 5. The first kappa shape index (κ1) is 15.6. The van der Waals surface area contributed by atoms with E-state index in [0.717, 1.165) is 0 Å². The summed E-state index contributed by atoms with van der Waals surface area (Å²) in [5, 5.41) is 9.88. The van der Waals surface area contributed by atoms with Crippen molar-refractivity contribution in [3.05, 3.63) is 58.4 Å². The second-order valence-electron chi connectivity index (χ2n) is 4.62. The van der Waals surface area contributed by atoms with E-state index in [-0.39, 0.29) is 12.4 Å². The summed E-state index contributed by atoms with van der Waals surface area (Å²) in [6, 6.07) is 9.70. The summed E-state index contributed by atoms with van der Waals surface area (Å²) in [6.07, 6.45) is -0.591. The number of hydrogen-bond donors (Lipinski definition) is 1. The zero-order valence-electron chi connectivity index (χ0n) is 11.8. The number of aliphatic hydroxyl groups excluding tert-OH is 1. The summed E-state index contributed by atoms with van der Waals surface area (Å²) in [4.78, 5) is 0. The van der Waals surface area contributed by atoms with Gasteiger partial charge in [0.05, 0.1) is 18.2 Å². The van der Waals surface area contributed by atoms with Gasteiger partial charge in [0.2, 0.25) is 0 Å². The highest BCUT2D eigenvalue weighted by Crippen LogP contribution is 2.29. The topological polar surface area (TPSA) is 38.7 Å². The van der Waals surface area contributed by atoms with Crippen molar-refractivity contribution in [1.82, 2.24) is 0 Å². The van der Waals surface area contributed by atoms with Crippen LogP contribution in [0.4, 0.5) is 4.39 Å². The van der Waals surface area contributed by atoms with E-state index in [0.29, 0.717) is 21.9 Å². The van der Waals surface area contributed by atoms with E-state index in [4.69, 9.17) is 21.1 Å². The van der Waals surface area contributed by atoms with E-state index in [1.54, 1.807) is 37.3 Å². The molecule has 0 aliphatic rings. The van der Waals surface area contributed by atoms with Crippen LogP contribution in [0.15, 0.2) is 36.4 Å². The van der Waals surface area contributed by atoms with Crippen molar-refractivity contribution >= 4 is 11.6 Å². The third-order valence-corrected chi connectivity index (χ3v) is 3.34. The molecule has 0 bridgehead atoms. The van der Waals surface area contributed by atoms with Gasteiger partial charge in [0.25, 0.3) is 0 Å². The average Bonchev–Trinajstić information content (AvgIpc) is 2.46. The second-order valence-corrected chi connectivity index (χ2v) is 5.03. The van der Waals surface area contributed by atoms with Crippen molar-refractivity contribution in [2.45, 2.75) is 19.6 Å². The molecule has 112 valence electrons. The number of benzene rings is 2. The van der Waals surface area contributed by atoms with Crippen LogP contribution < -0.4 is 9.47 Å². The fourth-order valence-electron chi connectivity index (χ4n) is 1.85. The molecular formula is C16H16ClFO3. The Morgan fingerprint density at radius 2 is 1.90 bits per heavy atom. The van der Waals surface area contributed by atoms with Gasteiger partial charge in [0.15, 0.2) is 11.6 Å². The Morgan fingerprint density at radius 3 is 2.48 bits per heavy atom. The van der Waals surface area contributed by atoms with Gasteiger partial charge in [-0.2, -0.15) is 0 Å². The van der Waals surface area contributed by atoms with Crippen molar-refractivity contribution < 1.29 is 19.0 Å². The third-order valence-electron chi connectivity index (χ3n) is 3.05. The van der Waals surface area contributed by atoms with Gasteiger partial charge >= 0.3 is 0 Å². The lowest BCUT2D eigenvalue weighted by molar-refractivity contribution is 0.199. The maximum Gasteiger partial charge on any atom is 0.165 e. The summed E-state index contributed by atoms with van der Waals surface area (Å²) in [7, 11) is 1.41. The molecule has 1 atom stereocenters. The fraction of sp³-hybridized carbons (Fsp3) is 0.250. The molecule has 0 aliphatic carbocycles. The Bertz CT molecular complexity index is 629. The van der Waals surface area contributed by atoms with Gasteiger partial charge in [-0.25, -0.2) is 4.39 Å². The molecule has 1 N–H and O–H groups in total. The van der Waals surface area contributed by atoms with Crippen molar-refractivity contribution in [2.75, 3.05) is 7.11 Å². The van der Waals surface area contributed by atoms with Crippen LogP contribution >= 0.6 is 11.6 Å². The zero-order valence-corrected chi connectivity index (χ0v) is 12.5. The van der Waals surface area contributed by atoms with Crippen LogP contribution in [0.5, 0.6) is 11.5 Å². The highest BCUT2D eigenvalue weighted by atomic mass is 35.5. The smallest absolute Gasteiger partial charge is 0.165 e. The first-order valence-corrected chi connectivity index (χ1v) is 6.81. The molecule has 0 spiro atoms. The molecule has 2 rings (SSSR count). The molecule has 2 aromatic carbocycles. The minimum atomic E-state index is -0.591. The Hall–Kier alpha value is -1.78. The van der Waals surface area contributed by atoms with E-state index < -0.39 is 11.9 Å². The lowest BCUT2D eigenvalue weighted by Crippen LogP contribution is -1.99. The third kappa shape index (κ3) is 3.86. The molecule has 21 heavy (non-hydrogen) atoms. The molecule has 0 unspecified atom stereocenters. The van der Waals surface area contributed by atoms with Gasteiger partial charge in [-0.05, 0) is 42.3 Å². The van der Waals surface area contributed by atoms with Crippen LogP contribution in [0.1, 0.15) is 24.2 Å². The average molecular weight is 311 g/mol. The van der Waals surface area contributed by atoms with E-state index >= 15 is 0 Å². The SMILES string of the molecule is COc1ccc(COc2ccc([C@H](C)O)cc2Cl)cc1F. The molecule has 0 heterocycles. The maximum absolute atomic E-state index is 13.6. The van der Waals surface area contributed by atoms with Gasteiger partial charge in [-0.1, -0.05) is 23.7 Å². The van der Waals surface area contributed by atoms with Gasteiger partial charge in [0.1, 0.15) is 12.4 Å². The Balaban J connectivity index is 2.08. The second kappa shape index (κ2) is 6.78. The minimum Gasteiger partial charge on any atom is -0.494 e. The molecule has 3 nitrogen and oxygen atoms in total. The maximum atomic E-state index is 13.6. The van der Waals surface area contributed by atoms with Crippen LogP contribution in [-0.4, -0.2) is 12.2 Å². The molecule has 0 aromatic heterocycles. The predicted octanol–water partition coefficient (Wildman–Crippen LogP) is 4.12. The monoisotopic (exact) mass is 310 g/mol. The molecule has 0 radical (unpaired) electrons. The molecule has 0 saturated heterocycles. The normalized spacial score (nSPS) is 12.0. The number of hydrogen-bond acceptors (Lipinski definition) is 3. The standard InChI is InChI=1S/C16H16ClFO3/c1-10(19)12-4-6-15(13(17)8-12)21-9-11-3-5-16(20-2)14(18)7-11/h3-8,10,19H,9H2,1-2H3/t10-/m0/s1. The summed E-state index contributed by atoms with van der Waals surface area (Å²) in [6.45, 7) is 1.85. The molecule has 0 fully saturated rings. The number of aliphatic hydroxyl groups is 1. The van der Waals surface area contributed by atoms with Gasteiger partial charge in [0, 0.05) is 0 Å². The summed E-state index contributed by atoms with van der Waals surface area (Å²) in [5.41, 5.74) is 1.38. The molecule has 5 heteroatoms. The number of ether oxygens (including phenoxy) is 2. The van der Waals surface area contributed by atoms with E-state index in [2.05, 4.69) is 0 Å². The van der Waals surface area contributed by atoms with Crippen molar-refractivity contribution in [2.24, 2.45) is 0 Å². The largest absolute Gasteiger partial charge is 0.494 e. The van der Waals surface area contributed by atoms with Crippen LogP contribution in [0.3, 0.4) is 0 Å². The first-order chi connectivity index (χ1) is 10.0. The first-order valence-electron chi connectivity index (χ1n) is 6.44. The highest BCUT2D eigenvalue weighted by molar-refractivity contribution is 6.32. The Kier molecular flexibility index (Phi) is 5.04. The minimum absolute atomic E-state index is 0.189. The quantitative estimate of drug-likeness (QED) is 0.903. The summed E-state index contributed by atoms with van der Waals surface area (Å²) < 4.78 is 24.0. The summed E-state index contributed by atoms with van der Waals surface area (Å²) in [5.74, 6) is 0.240. The molecule has 0 amide bonds. The number of methoxy groups -OCH3 is 1. The van der Waals surface area contributed by atoms with Gasteiger partial charge < -0.3 is 14.6 Å². The zero-order chi connectivity index (χ0) is 15.4. The van der Waals surface area contributed by atoms with E-state index in [1.165, 1.54) is 13.2 Å².